The van der Waals surface area contributed by atoms with E-state index in [9.17, 15) is 15.0 Å². The summed E-state index contributed by atoms with van der Waals surface area (Å²) in [5.41, 5.74) is 0. The first kappa shape index (κ1) is 23.9. The third-order valence-electron chi connectivity index (χ3n) is 5.76. The van der Waals surface area contributed by atoms with E-state index in [-0.39, 0.29) is 6.42 Å². The van der Waals surface area contributed by atoms with Crippen molar-refractivity contribution in [3.8, 4) is 0 Å². The molecule has 1 aliphatic rings. The van der Waals surface area contributed by atoms with Gasteiger partial charge in [0.1, 0.15) is 0 Å². The maximum atomic E-state index is 11.2. The van der Waals surface area contributed by atoms with Crippen molar-refractivity contribution in [3.63, 3.8) is 0 Å². The Morgan fingerprint density at radius 3 is 2.67 bits per heavy atom. The number of aliphatic hydroxyl groups is 2. The summed E-state index contributed by atoms with van der Waals surface area (Å²) >= 11 is 0. The Kier molecular flexibility index (Phi) is 11.6. The van der Waals surface area contributed by atoms with Crippen molar-refractivity contribution < 1.29 is 19.7 Å². The minimum absolute atomic E-state index is 0.0413. The molecule has 4 nitrogen and oxygen atoms in total. The number of rotatable bonds is 13. The third-order valence-corrected chi connectivity index (χ3v) is 5.76. The van der Waals surface area contributed by atoms with Gasteiger partial charge in [0.25, 0.3) is 5.79 Å². The van der Waals surface area contributed by atoms with Crippen molar-refractivity contribution in [2.75, 3.05) is 7.11 Å². The van der Waals surface area contributed by atoms with Gasteiger partial charge in [0.05, 0.1) is 7.11 Å². The summed E-state index contributed by atoms with van der Waals surface area (Å²) in [7, 11) is 1.15. The summed E-state index contributed by atoms with van der Waals surface area (Å²) in [6, 6.07) is 0. The first-order valence-corrected chi connectivity index (χ1v) is 10.8. The van der Waals surface area contributed by atoms with E-state index in [2.05, 4.69) is 36.8 Å². The monoisotopic (exact) mass is 380 g/mol. The lowest BCUT2D eigenvalue weighted by Crippen LogP contribution is -2.39. The van der Waals surface area contributed by atoms with Crippen molar-refractivity contribution in [1.29, 1.82) is 0 Å². The van der Waals surface area contributed by atoms with E-state index >= 15 is 0 Å². The van der Waals surface area contributed by atoms with Gasteiger partial charge in [0, 0.05) is 6.42 Å². The van der Waals surface area contributed by atoms with E-state index in [1.807, 2.05) is 6.08 Å². The van der Waals surface area contributed by atoms with Crippen LogP contribution in [0.25, 0.3) is 0 Å². The quantitative estimate of drug-likeness (QED) is 0.263. The van der Waals surface area contributed by atoms with Crippen LogP contribution in [0.5, 0.6) is 0 Å². The van der Waals surface area contributed by atoms with Crippen LogP contribution in [0.15, 0.2) is 24.3 Å². The second-order valence-corrected chi connectivity index (χ2v) is 8.16. The number of hydrogen-bond donors (Lipinski definition) is 2. The Hall–Kier alpha value is -1.13. The molecule has 0 amide bonds. The van der Waals surface area contributed by atoms with Gasteiger partial charge in [-0.05, 0) is 56.3 Å². The highest BCUT2D eigenvalue weighted by Gasteiger charge is 2.33. The molecule has 0 bridgehead atoms. The fourth-order valence-electron chi connectivity index (χ4n) is 3.90. The molecule has 1 fully saturated rings. The topological polar surface area (TPSA) is 66.8 Å². The van der Waals surface area contributed by atoms with Crippen LogP contribution >= 0.6 is 0 Å². The summed E-state index contributed by atoms with van der Waals surface area (Å²) in [6.45, 7) is 4.62. The molecule has 0 heterocycles. The zero-order chi connectivity index (χ0) is 20.1. The molecule has 0 aromatic carbocycles. The number of methoxy groups -OCH3 is 1. The highest BCUT2D eigenvalue weighted by molar-refractivity contribution is 5.76. The van der Waals surface area contributed by atoms with Gasteiger partial charge in [-0.15, -0.1) is 0 Å². The summed E-state index contributed by atoms with van der Waals surface area (Å²) in [5, 5.41) is 19.2. The summed E-state index contributed by atoms with van der Waals surface area (Å²) in [4.78, 5) is 11.2. The zero-order valence-corrected chi connectivity index (χ0v) is 17.5. The number of ether oxygens (including phenoxy) is 1. The van der Waals surface area contributed by atoms with E-state index in [1.165, 1.54) is 51.4 Å². The number of carbonyl (C=O) groups excluding carboxylic acids is 1. The molecule has 1 saturated carbocycles. The van der Waals surface area contributed by atoms with Crippen LogP contribution in [0.1, 0.15) is 84.5 Å². The normalized spacial score (nSPS) is 22.0. The maximum Gasteiger partial charge on any atom is 0.366 e. The molecule has 156 valence electrons. The Bertz CT molecular complexity index is 467. The molecule has 27 heavy (non-hydrogen) atoms. The van der Waals surface area contributed by atoms with Gasteiger partial charge in [0.2, 0.25) is 0 Å². The Balaban J connectivity index is 2.28. The Morgan fingerprint density at radius 2 is 1.96 bits per heavy atom. The van der Waals surface area contributed by atoms with Crippen molar-refractivity contribution in [1.82, 2.24) is 0 Å². The number of allylic oxidation sites excluding steroid dienone is 4. The van der Waals surface area contributed by atoms with Crippen molar-refractivity contribution in [3.05, 3.63) is 24.3 Å². The summed E-state index contributed by atoms with van der Waals surface area (Å²) in [5.74, 6) is -1.20. The molecule has 0 saturated heterocycles. The molecule has 0 radical (unpaired) electrons. The van der Waals surface area contributed by atoms with E-state index in [0.29, 0.717) is 18.3 Å². The molecule has 0 aromatic rings. The predicted molar refractivity (Wildman–Crippen MR) is 110 cm³/mol. The maximum absolute atomic E-state index is 11.2. The number of hydrogen-bond acceptors (Lipinski definition) is 4. The van der Waals surface area contributed by atoms with Crippen molar-refractivity contribution >= 4 is 5.97 Å². The fraction of sp³-hybridized carbons (Fsp3) is 0.783. The number of unbranched alkanes of at least 4 members (excludes halogenated alkanes) is 1. The van der Waals surface area contributed by atoms with Crippen LogP contribution in [0.3, 0.4) is 0 Å². The largest absolute Gasteiger partial charge is 0.465 e. The predicted octanol–water partition coefficient (Wildman–Crippen LogP) is 5.15. The second kappa shape index (κ2) is 13.1. The molecule has 1 rings (SSSR count). The van der Waals surface area contributed by atoms with E-state index < -0.39 is 11.8 Å². The van der Waals surface area contributed by atoms with Gasteiger partial charge in [-0.3, -0.25) is 0 Å². The van der Waals surface area contributed by atoms with Crippen LogP contribution in [0.4, 0.5) is 0 Å². The van der Waals surface area contributed by atoms with E-state index in [1.54, 1.807) is 0 Å². The summed E-state index contributed by atoms with van der Waals surface area (Å²) in [6.07, 6.45) is 20.6. The minimum atomic E-state index is -2.38. The lowest BCUT2D eigenvalue weighted by Gasteiger charge is -2.17. The first-order valence-electron chi connectivity index (χ1n) is 10.8. The minimum Gasteiger partial charge on any atom is -0.465 e. The molecule has 1 unspecified atom stereocenters. The van der Waals surface area contributed by atoms with Gasteiger partial charge in [-0.2, -0.15) is 0 Å². The molecule has 0 spiro atoms. The average Bonchev–Trinajstić information content (AvgIpc) is 3.09. The van der Waals surface area contributed by atoms with Crippen LogP contribution in [0, 0.1) is 17.8 Å². The molecule has 0 aromatic heterocycles. The zero-order valence-electron chi connectivity index (χ0n) is 17.5. The molecular weight excluding hydrogens is 340 g/mol. The number of carbonyl (C=O) groups is 1. The Labute approximate surface area is 165 Å². The van der Waals surface area contributed by atoms with Gasteiger partial charge in [0.15, 0.2) is 0 Å². The highest BCUT2D eigenvalue weighted by atomic mass is 16.6. The molecule has 0 aliphatic heterocycles. The molecular formula is C23H40O4. The van der Waals surface area contributed by atoms with Gasteiger partial charge in [-0.1, -0.05) is 63.8 Å². The van der Waals surface area contributed by atoms with Crippen LogP contribution in [0.2, 0.25) is 0 Å². The van der Waals surface area contributed by atoms with E-state index in [0.717, 1.165) is 19.4 Å². The summed E-state index contributed by atoms with van der Waals surface area (Å²) < 4.78 is 4.38. The van der Waals surface area contributed by atoms with Crippen LogP contribution in [-0.4, -0.2) is 29.1 Å². The molecule has 3 atom stereocenters. The van der Waals surface area contributed by atoms with Crippen LogP contribution < -0.4 is 0 Å². The van der Waals surface area contributed by atoms with Crippen LogP contribution in [-0.2, 0) is 9.53 Å². The smallest absolute Gasteiger partial charge is 0.366 e. The lowest BCUT2D eigenvalue weighted by atomic mass is 9.91. The highest BCUT2D eigenvalue weighted by Crippen LogP contribution is 2.35. The van der Waals surface area contributed by atoms with Gasteiger partial charge >= 0.3 is 5.97 Å². The lowest BCUT2D eigenvalue weighted by molar-refractivity contribution is -0.208. The van der Waals surface area contributed by atoms with Crippen molar-refractivity contribution in [2.45, 2.75) is 90.3 Å². The first-order chi connectivity index (χ1) is 12.9. The second-order valence-electron chi connectivity index (χ2n) is 8.16. The fourth-order valence-corrected chi connectivity index (χ4v) is 3.90. The Morgan fingerprint density at radius 1 is 1.19 bits per heavy atom. The third kappa shape index (κ3) is 9.57. The molecule has 4 heteroatoms. The SMILES string of the molecule is CCCCC(C)CCC=C[C@H]1CCC[C@@H]1CC=CCCC(O)(O)C(=O)OC. The van der Waals surface area contributed by atoms with Crippen molar-refractivity contribution in [2.24, 2.45) is 17.8 Å². The van der Waals surface area contributed by atoms with Gasteiger partial charge in [-0.25, -0.2) is 4.79 Å². The molecule has 1 aliphatic carbocycles. The number of esters is 1. The average molecular weight is 381 g/mol. The van der Waals surface area contributed by atoms with Gasteiger partial charge < -0.3 is 14.9 Å². The van der Waals surface area contributed by atoms with E-state index in [4.69, 9.17) is 0 Å². The molecule has 2 N–H and O–H groups in total. The standard InChI is InChI=1S/C23H40O4/c1-4-5-12-19(2)13-8-9-15-21-17-11-16-20(21)14-7-6-10-18-23(25,26)22(24)27-3/h6-7,9,15,19-21,25-26H,4-5,8,10-14,16-18H2,1-3H3/t19?,20-,21-/m0/s1.